The second-order valence-electron chi connectivity index (χ2n) is 9.43. The molecule has 4 fully saturated rings. The molecule has 0 aromatic heterocycles. The number of rotatable bonds is 3. The Bertz CT molecular complexity index is 578. The minimum absolute atomic E-state index is 0.0678. The van der Waals surface area contributed by atoms with Gasteiger partial charge in [-0.05, 0) is 25.7 Å². The molecule has 0 aromatic rings. The SMILES string of the molecule is OC1CC(O)C2CC(O[C@@H]3OC[C@@H](O)[C@H](O)[C@H]3O)C(C3CCC(O)C(O)C3)[OH+]C2C1. The van der Waals surface area contributed by atoms with E-state index in [1.54, 1.807) is 0 Å². The van der Waals surface area contributed by atoms with Crippen LogP contribution in [0.2, 0.25) is 0 Å². The highest BCUT2D eigenvalue weighted by Gasteiger charge is 2.54. The van der Waals surface area contributed by atoms with Crippen LogP contribution in [0.3, 0.4) is 0 Å². The quantitative estimate of drug-likeness (QED) is 0.230. The maximum absolute atomic E-state index is 10.5. The summed E-state index contributed by atoms with van der Waals surface area (Å²) < 4.78 is 16.4. The highest BCUT2D eigenvalue weighted by Crippen LogP contribution is 2.41. The fourth-order valence-electron chi connectivity index (χ4n) is 5.58. The number of ether oxygens (including phenoxy) is 3. The van der Waals surface area contributed by atoms with Crippen LogP contribution < -0.4 is 0 Å². The lowest BCUT2D eigenvalue weighted by Gasteiger charge is -2.47. The highest BCUT2D eigenvalue weighted by molar-refractivity contribution is 4.97. The summed E-state index contributed by atoms with van der Waals surface area (Å²) in [6, 6.07) is 0. The average Bonchev–Trinajstić information content (AvgIpc) is 2.70. The molecule has 13 atom stereocenters. The van der Waals surface area contributed by atoms with Crippen LogP contribution in [0.15, 0.2) is 0 Å². The molecule has 4 rings (SSSR count). The van der Waals surface area contributed by atoms with Crippen LogP contribution in [0.5, 0.6) is 0 Å². The molecule has 0 spiro atoms. The van der Waals surface area contributed by atoms with Gasteiger partial charge in [0.2, 0.25) is 0 Å². The summed E-state index contributed by atoms with van der Waals surface area (Å²) in [7, 11) is 0. The van der Waals surface area contributed by atoms with Crippen molar-refractivity contribution in [2.75, 3.05) is 6.61 Å². The summed E-state index contributed by atoms with van der Waals surface area (Å²) in [5, 5.41) is 70.6. The molecule has 30 heavy (non-hydrogen) atoms. The average molecular weight is 435 g/mol. The van der Waals surface area contributed by atoms with Gasteiger partial charge in [-0.15, -0.1) is 0 Å². The third kappa shape index (κ3) is 4.54. The third-order valence-electron chi connectivity index (χ3n) is 7.33. The Labute approximate surface area is 175 Å². The van der Waals surface area contributed by atoms with Gasteiger partial charge in [0.25, 0.3) is 0 Å². The molecule has 2 saturated heterocycles. The monoisotopic (exact) mass is 435 g/mol. The summed E-state index contributed by atoms with van der Waals surface area (Å²) in [6.45, 7) is -0.174. The molecule has 2 aliphatic carbocycles. The molecule has 9 unspecified atom stereocenters. The molecular formula is C20H35O10+. The molecule has 2 aliphatic heterocycles. The lowest BCUT2D eigenvalue weighted by atomic mass is 9.72. The Morgan fingerprint density at radius 1 is 0.733 bits per heavy atom. The number of hydrogen-bond acceptors (Lipinski definition) is 9. The van der Waals surface area contributed by atoms with Crippen LogP contribution in [0.1, 0.15) is 38.5 Å². The largest absolute Gasteiger partial charge is 0.427 e. The topological polar surface area (TPSA) is 173 Å². The van der Waals surface area contributed by atoms with Crippen LogP contribution in [0.25, 0.3) is 0 Å². The Kier molecular flexibility index (Phi) is 7.00. The van der Waals surface area contributed by atoms with Crippen LogP contribution >= 0.6 is 0 Å². The number of fused-ring (bicyclic) bond motifs is 1. The minimum Gasteiger partial charge on any atom is -0.427 e. The Morgan fingerprint density at radius 2 is 1.50 bits per heavy atom. The van der Waals surface area contributed by atoms with Crippen molar-refractivity contribution in [2.45, 2.75) is 106 Å². The smallest absolute Gasteiger partial charge is 0.186 e. The van der Waals surface area contributed by atoms with Crippen molar-refractivity contribution < 1.29 is 50.0 Å². The third-order valence-corrected chi connectivity index (χ3v) is 7.33. The predicted octanol–water partition coefficient (Wildman–Crippen LogP) is -2.87. The first-order chi connectivity index (χ1) is 14.2. The van der Waals surface area contributed by atoms with E-state index in [4.69, 9.17) is 14.2 Å². The van der Waals surface area contributed by atoms with Crippen molar-refractivity contribution in [3.05, 3.63) is 0 Å². The molecule has 174 valence electrons. The van der Waals surface area contributed by atoms with Gasteiger partial charge in [-0.25, -0.2) is 0 Å². The van der Waals surface area contributed by atoms with Crippen molar-refractivity contribution in [3.8, 4) is 0 Å². The van der Waals surface area contributed by atoms with E-state index in [2.05, 4.69) is 0 Å². The van der Waals surface area contributed by atoms with Crippen LogP contribution in [-0.4, -0.2) is 114 Å². The Hall–Kier alpha value is -0.400. The zero-order valence-corrected chi connectivity index (χ0v) is 16.8. The van der Waals surface area contributed by atoms with E-state index in [-0.39, 0.29) is 37.1 Å². The second-order valence-corrected chi connectivity index (χ2v) is 9.43. The van der Waals surface area contributed by atoms with E-state index < -0.39 is 55.1 Å². The molecule has 0 amide bonds. The van der Waals surface area contributed by atoms with Gasteiger partial charge in [0.1, 0.15) is 24.4 Å². The molecule has 2 saturated carbocycles. The molecule has 4 aliphatic rings. The van der Waals surface area contributed by atoms with E-state index in [0.29, 0.717) is 32.1 Å². The molecular weight excluding hydrogens is 400 g/mol. The predicted molar refractivity (Wildman–Crippen MR) is 101 cm³/mol. The molecule has 0 radical (unpaired) electrons. The van der Waals surface area contributed by atoms with Crippen LogP contribution in [0, 0.1) is 11.8 Å². The van der Waals surface area contributed by atoms with E-state index in [0.717, 1.165) is 0 Å². The number of hydrogen-bond donors (Lipinski definition) is 7. The van der Waals surface area contributed by atoms with Gasteiger partial charge in [-0.2, -0.15) is 0 Å². The lowest BCUT2D eigenvalue weighted by Crippen LogP contribution is -2.61. The van der Waals surface area contributed by atoms with Gasteiger partial charge in [0, 0.05) is 18.8 Å². The van der Waals surface area contributed by atoms with Gasteiger partial charge in [0.05, 0.1) is 36.9 Å². The van der Waals surface area contributed by atoms with Crippen LogP contribution in [-0.2, 0) is 9.47 Å². The summed E-state index contributed by atoms with van der Waals surface area (Å²) in [5.74, 6) is -0.271. The van der Waals surface area contributed by atoms with E-state index in [1.165, 1.54) is 0 Å². The number of aliphatic hydroxyl groups excluding tert-OH is 7. The summed E-state index contributed by atoms with van der Waals surface area (Å²) >= 11 is 0. The maximum Gasteiger partial charge on any atom is 0.186 e. The standard InChI is InChI=1S/C20H34O10/c21-9-4-12(23)10-6-16(30-20-18(27)17(26)14(25)7-28-20)19(29-15(10)5-9)8-1-2-11(22)13(24)3-8/h8-27H,1-7H2/p+1/t8?,9?,10?,11?,12?,13?,14-,15?,16?,17+,18-,19?,20+/m1/s1. The van der Waals surface area contributed by atoms with Crippen molar-refractivity contribution in [1.82, 2.24) is 0 Å². The first kappa shape index (κ1) is 22.8. The summed E-state index contributed by atoms with van der Waals surface area (Å²) in [5.41, 5.74) is 0. The van der Waals surface area contributed by atoms with Gasteiger partial charge in [-0.3, -0.25) is 0 Å². The fraction of sp³-hybridized carbons (Fsp3) is 1.00. The first-order valence-electron chi connectivity index (χ1n) is 11.0. The Balaban J connectivity index is 1.51. The zero-order valence-electron chi connectivity index (χ0n) is 16.8. The molecule has 0 aromatic carbocycles. The van der Waals surface area contributed by atoms with Gasteiger partial charge >= 0.3 is 0 Å². The zero-order chi connectivity index (χ0) is 21.6. The number of aliphatic hydroxyl groups is 9. The Morgan fingerprint density at radius 3 is 2.23 bits per heavy atom. The molecule has 8 N–H and O–H groups in total. The molecule has 10 nitrogen and oxygen atoms in total. The van der Waals surface area contributed by atoms with E-state index >= 15 is 0 Å². The minimum atomic E-state index is -1.43. The highest BCUT2D eigenvalue weighted by atomic mass is 16.7. The van der Waals surface area contributed by atoms with Crippen molar-refractivity contribution in [1.29, 1.82) is 0 Å². The van der Waals surface area contributed by atoms with Crippen molar-refractivity contribution in [3.63, 3.8) is 0 Å². The van der Waals surface area contributed by atoms with Crippen LogP contribution in [0.4, 0.5) is 0 Å². The van der Waals surface area contributed by atoms with Crippen molar-refractivity contribution >= 4 is 0 Å². The van der Waals surface area contributed by atoms with Gasteiger partial charge in [-0.1, -0.05) is 0 Å². The molecule has 0 bridgehead atoms. The summed E-state index contributed by atoms with van der Waals surface area (Å²) in [6.07, 6.45) is -6.67. The summed E-state index contributed by atoms with van der Waals surface area (Å²) in [4.78, 5) is 0. The molecule has 2 heterocycles. The van der Waals surface area contributed by atoms with E-state index in [9.17, 15) is 35.7 Å². The molecule has 10 heteroatoms. The van der Waals surface area contributed by atoms with Crippen molar-refractivity contribution in [2.24, 2.45) is 11.8 Å². The first-order valence-corrected chi connectivity index (χ1v) is 11.0. The second kappa shape index (κ2) is 9.22. The van der Waals surface area contributed by atoms with E-state index in [1.807, 2.05) is 0 Å². The maximum atomic E-state index is 10.5. The van der Waals surface area contributed by atoms with Gasteiger partial charge < -0.3 is 50.0 Å². The normalized spacial score (nSPS) is 55.1. The fourth-order valence-corrected chi connectivity index (χ4v) is 5.58. The van der Waals surface area contributed by atoms with Gasteiger partial charge in [0.15, 0.2) is 18.5 Å². The lowest BCUT2D eigenvalue weighted by molar-refractivity contribution is -0.345.